The van der Waals surface area contributed by atoms with Gasteiger partial charge in [-0.25, -0.2) is 0 Å². The zero-order chi connectivity index (χ0) is 19.4. The van der Waals surface area contributed by atoms with Gasteiger partial charge in [0.05, 0.1) is 14.3 Å². The molecule has 0 aliphatic heterocycles. The van der Waals surface area contributed by atoms with E-state index in [1.165, 1.54) is 77.0 Å². The molecule has 158 valence electrons. The van der Waals surface area contributed by atoms with Crippen LogP contribution in [0, 0.1) is 35.5 Å². The van der Waals surface area contributed by atoms with Crippen LogP contribution >= 0.6 is 14.3 Å². The van der Waals surface area contributed by atoms with Gasteiger partial charge in [0.25, 0.3) is 0 Å². The van der Waals surface area contributed by atoms with E-state index in [9.17, 15) is 9.13 Å². The highest BCUT2D eigenvalue weighted by molar-refractivity contribution is 7.68. The largest absolute Gasteiger partial charge is 0.323 e. The molecule has 0 aromatic heterocycles. The molecule has 2 unspecified atom stereocenters. The number of rotatable bonds is 5. The van der Waals surface area contributed by atoms with Crippen LogP contribution in [-0.4, -0.2) is 36.0 Å². The van der Waals surface area contributed by atoms with Crippen molar-refractivity contribution in [2.75, 3.05) is 25.7 Å². The van der Waals surface area contributed by atoms with Gasteiger partial charge in [0.2, 0.25) is 0 Å². The van der Waals surface area contributed by atoms with Gasteiger partial charge in [-0.15, -0.1) is 0 Å². The maximum atomic E-state index is 14.2. The van der Waals surface area contributed by atoms with E-state index in [1.54, 1.807) is 0 Å². The Kier molecular flexibility index (Phi) is 4.13. The molecule has 8 rings (SSSR count). The standard InChI is InChI=1S/C24H40O2P2/c1-27(25,23-11-17-5-18(12-23)7-19(6-17)13-23)3-4-28(2,26)24-14-20-8-21(15-24)10-22(9-20)16-24/h17-22H,3-16H2,1-2H3. The molecule has 28 heavy (non-hydrogen) atoms. The number of hydrogen-bond acceptors (Lipinski definition) is 2. The summed E-state index contributed by atoms with van der Waals surface area (Å²) < 4.78 is 28.4. The Bertz CT molecular complexity index is 634. The van der Waals surface area contributed by atoms with Crippen LogP contribution in [0.3, 0.4) is 0 Å². The van der Waals surface area contributed by atoms with E-state index in [4.69, 9.17) is 0 Å². The van der Waals surface area contributed by atoms with Crippen molar-refractivity contribution in [2.45, 2.75) is 87.4 Å². The van der Waals surface area contributed by atoms with Crippen LogP contribution < -0.4 is 0 Å². The van der Waals surface area contributed by atoms with Gasteiger partial charge in [-0.2, -0.15) is 0 Å². The van der Waals surface area contributed by atoms with Gasteiger partial charge in [0, 0.05) is 22.6 Å². The average Bonchev–Trinajstić information content (AvgIpc) is 2.57. The zero-order valence-electron chi connectivity index (χ0n) is 18.1. The van der Waals surface area contributed by atoms with Crippen LogP contribution in [0.1, 0.15) is 77.0 Å². The Morgan fingerprint density at radius 3 is 0.964 bits per heavy atom. The third kappa shape index (κ3) is 2.72. The minimum Gasteiger partial charge on any atom is -0.323 e. The van der Waals surface area contributed by atoms with Crippen LogP contribution in [0.25, 0.3) is 0 Å². The highest BCUT2D eigenvalue weighted by Gasteiger charge is 2.60. The maximum absolute atomic E-state index is 14.2. The fourth-order valence-corrected chi connectivity index (χ4v) is 18.0. The molecule has 8 aliphatic carbocycles. The van der Waals surface area contributed by atoms with Crippen molar-refractivity contribution in [3.8, 4) is 0 Å². The lowest BCUT2D eigenvalue weighted by atomic mass is 9.56. The van der Waals surface area contributed by atoms with Crippen molar-refractivity contribution >= 4 is 14.3 Å². The summed E-state index contributed by atoms with van der Waals surface area (Å²) in [7, 11) is -4.51. The average molecular weight is 423 g/mol. The van der Waals surface area contributed by atoms with E-state index >= 15 is 0 Å². The third-order valence-electron chi connectivity index (χ3n) is 11.0. The van der Waals surface area contributed by atoms with Gasteiger partial charge in [0.15, 0.2) is 0 Å². The summed E-state index contributed by atoms with van der Waals surface area (Å²) in [6, 6.07) is 0. The lowest BCUT2D eigenvalue weighted by molar-refractivity contribution is 0.0324. The lowest BCUT2D eigenvalue weighted by Gasteiger charge is -2.60. The molecule has 0 amide bonds. The molecule has 8 aliphatic rings. The first-order chi connectivity index (χ1) is 13.2. The molecule has 2 nitrogen and oxygen atoms in total. The molecule has 4 heteroatoms. The van der Waals surface area contributed by atoms with Crippen LogP contribution in [0.4, 0.5) is 0 Å². The Morgan fingerprint density at radius 2 is 0.750 bits per heavy atom. The van der Waals surface area contributed by atoms with Crippen LogP contribution in [0.5, 0.6) is 0 Å². The van der Waals surface area contributed by atoms with E-state index < -0.39 is 14.3 Å². The first-order valence-corrected chi connectivity index (χ1v) is 17.0. The summed E-state index contributed by atoms with van der Waals surface area (Å²) in [6.07, 6.45) is 17.5. The SMILES string of the molecule is CP(=O)(CCP(C)(=O)C12CC3CC(CC(C3)C1)C2)C12CC3CC(CC(C3)C1)C2. The molecule has 8 saturated carbocycles. The van der Waals surface area contributed by atoms with E-state index in [0.29, 0.717) is 0 Å². The van der Waals surface area contributed by atoms with Gasteiger partial charge in [0.1, 0.15) is 0 Å². The third-order valence-corrected chi connectivity index (χ3v) is 18.6. The van der Waals surface area contributed by atoms with Crippen molar-refractivity contribution in [3.63, 3.8) is 0 Å². The van der Waals surface area contributed by atoms with Gasteiger partial charge in [-0.05, 0) is 126 Å². The fourth-order valence-electron chi connectivity index (χ4n) is 10.1. The first-order valence-electron chi connectivity index (χ1n) is 12.3. The molecule has 0 heterocycles. The monoisotopic (exact) mass is 422 g/mol. The Labute approximate surface area is 172 Å². The Balaban J connectivity index is 1.21. The van der Waals surface area contributed by atoms with E-state index in [0.717, 1.165) is 47.8 Å². The summed E-state index contributed by atoms with van der Waals surface area (Å²) in [5.74, 6) is 5.15. The summed E-state index contributed by atoms with van der Waals surface area (Å²) in [5.41, 5.74) is 0. The van der Waals surface area contributed by atoms with Crippen LogP contribution in [0.15, 0.2) is 0 Å². The lowest BCUT2D eigenvalue weighted by Crippen LogP contribution is -2.51. The number of hydrogen-bond donors (Lipinski definition) is 0. The maximum Gasteiger partial charge on any atom is 0.0911 e. The van der Waals surface area contributed by atoms with Crippen molar-refractivity contribution in [1.82, 2.24) is 0 Å². The quantitative estimate of drug-likeness (QED) is 0.451. The predicted molar refractivity (Wildman–Crippen MR) is 119 cm³/mol. The second-order valence-electron chi connectivity index (χ2n) is 12.9. The molecule has 0 aromatic carbocycles. The van der Waals surface area contributed by atoms with Gasteiger partial charge in [-0.1, -0.05) is 0 Å². The Hall–Kier alpha value is 0.460. The normalized spacial score (nSPS) is 55.2. The van der Waals surface area contributed by atoms with Gasteiger partial charge < -0.3 is 9.13 Å². The van der Waals surface area contributed by atoms with Crippen molar-refractivity contribution in [2.24, 2.45) is 35.5 Å². The topological polar surface area (TPSA) is 34.1 Å². The minimum absolute atomic E-state index is 0.142. The molecular formula is C24H40O2P2. The second-order valence-corrected chi connectivity index (χ2v) is 20.1. The Morgan fingerprint density at radius 1 is 0.536 bits per heavy atom. The van der Waals surface area contributed by atoms with Crippen LogP contribution in [0.2, 0.25) is 0 Å². The molecule has 0 spiro atoms. The smallest absolute Gasteiger partial charge is 0.0911 e. The van der Waals surface area contributed by atoms with Crippen LogP contribution in [-0.2, 0) is 9.13 Å². The fraction of sp³-hybridized carbons (Fsp3) is 1.00. The van der Waals surface area contributed by atoms with Crippen molar-refractivity contribution in [3.05, 3.63) is 0 Å². The summed E-state index contributed by atoms with van der Waals surface area (Å²) in [6.45, 7) is 4.28. The zero-order valence-corrected chi connectivity index (χ0v) is 19.9. The molecule has 0 radical (unpaired) electrons. The highest BCUT2D eigenvalue weighted by Crippen LogP contribution is 2.75. The summed E-state index contributed by atoms with van der Waals surface area (Å²) >= 11 is 0. The molecule has 2 atom stereocenters. The molecule has 0 saturated heterocycles. The highest BCUT2D eigenvalue weighted by atomic mass is 31.2. The van der Waals surface area contributed by atoms with E-state index in [-0.39, 0.29) is 10.3 Å². The minimum atomic E-state index is -2.25. The summed E-state index contributed by atoms with van der Waals surface area (Å²) in [4.78, 5) is 0. The molecule has 0 aromatic rings. The van der Waals surface area contributed by atoms with E-state index in [2.05, 4.69) is 13.3 Å². The van der Waals surface area contributed by atoms with Gasteiger partial charge >= 0.3 is 0 Å². The molecule has 8 bridgehead atoms. The summed E-state index contributed by atoms with van der Waals surface area (Å²) in [5, 5.41) is 0.284. The van der Waals surface area contributed by atoms with Crippen molar-refractivity contribution in [1.29, 1.82) is 0 Å². The van der Waals surface area contributed by atoms with Gasteiger partial charge in [-0.3, -0.25) is 0 Å². The molecular weight excluding hydrogens is 382 g/mol. The molecule has 8 fully saturated rings. The molecule has 0 N–H and O–H groups in total. The van der Waals surface area contributed by atoms with E-state index in [1.807, 2.05) is 0 Å². The predicted octanol–water partition coefficient (Wildman–Crippen LogP) is 6.91. The van der Waals surface area contributed by atoms with Crippen molar-refractivity contribution < 1.29 is 9.13 Å². The first kappa shape index (κ1) is 19.2. The second kappa shape index (κ2) is 6.03.